The Balaban J connectivity index is 1.69. The lowest BCUT2D eigenvalue weighted by atomic mass is 9.70. The van der Waals surface area contributed by atoms with Gasteiger partial charge in [0.2, 0.25) is 0 Å². The summed E-state index contributed by atoms with van der Waals surface area (Å²) in [4.78, 5) is 0. The number of rotatable bonds is 8. The van der Waals surface area contributed by atoms with Crippen LogP contribution >= 0.6 is 31.9 Å². The molecule has 0 fully saturated rings. The lowest BCUT2D eigenvalue weighted by Gasteiger charge is -2.31. The first kappa shape index (κ1) is 30.3. The molecule has 0 radical (unpaired) electrons. The van der Waals surface area contributed by atoms with Crippen molar-refractivity contribution >= 4 is 31.9 Å². The summed E-state index contributed by atoms with van der Waals surface area (Å²) in [7, 11) is 0. The molecule has 43 heavy (non-hydrogen) atoms. The fraction of sp³-hybridized carbons (Fsp3) is 0.333. The van der Waals surface area contributed by atoms with E-state index in [-0.39, 0.29) is 0 Å². The Morgan fingerprint density at radius 2 is 1.12 bits per heavy atom. The van der Waals surface area contributed by atoms with Crippen molar-refractivity contribution < 1.29 is 22.6 Å². The van der Waals surface area contributed by atoms with E-state index in [1.807, 2.05) is 24.3 Å². The fourth-order valence-electron chi connectivity index (χ4n) is 6.28. The van der Waals surface area contributed by atoms with Gasteiger partial charge < -0.3 is 9.47 Å². The third-order valence-electron chi connectivity index (χ3n) is 9.03. The largest absolute Gasteiger partial charge is 0.489 e. The van der Waals surface area contributed by atoms with Crippen molar-refractivity contribution in [2.75, 3.05) is 13.2 Å². The quantitative estimate of drug-likeness (QED) is 0.156. The van der Waals surface area contributed by atoms with Gasteiger partial charge in [-0.25, -0.2) is 0 Å². The Kier molecular flexibility index (Phi) is 7.95. The van der Waals surface area contributed by atoms with Crippen LogP contribution < -0.4 is 9.47 Å². The fourth-order valence-corrected chi connectivity index (χ4v) is 7.00. The van der Waals surface area contributed by atoms with Crippen LogP contribution in [0.25, 0.3) is 22.3 Å². The molecule has 0 N–H and O–H groups in total. The lowest BCUT2D eigenvalue weighted by molar-refractivity contribution is -0.137. The molecule has 0 aliphatic heterocycles. The first-order valence-corrected chi connectivity index (χ1v) is 16.3. The van der Waals surface area contributed by atoms with Crippen LogP contribution in [0.4, 0.5) is 13.2 Å². The minimum atomic E-state index is -4.47. The highest BCUT2D eigenvalue weighted by Crippen LogP contribution is 2.64. The normalized spacial score (nSPS) is 15.5. The van der Waals surface area contributed by atoms with Crippen LogP contribution in [0.5, 0.6) is 11.5 Å². The molecule has 2 atom stereocenters. The van der Waals surface area contributed by atoms with Gasteiger partial charge in [0.05, 0.1) is 24.2 Å². The molecule has 1 spiro atoms. The highest BCUT2D eigenvalue weighted by atomic mass is 79.9. The Morgan fingerprint density at radius 3 is 1.63 bits per heavy atom. The smallest absolute Gasteiger partial charge is 0.416 e. The van der Waals surface area contributed by atoms with Crippen LogP contribution in [-0.2, 0) is 11.6 Å². The second-order valence-corrected chi connectivity index (χ2v) is 13.7. The van der Waals surface area contributed by atoms with Crippen molar-refractivity contribution in [3.63, 3.8) is 0 Å². The molecule has 6 rings (SSSR count). The maximum atomic E-state index is 14.1. The summed E-state index contributed by atoms with van der Waals surface area (Å²) in [5.74, 6) is 1.82. The minimum absolute atomic E-state index is 0.314. The molecule has 2 nitrogen and oxygen atoms in total. The SMILES string of the molecule is CCC(C)COc1cc2c(cc1OCC(C)CC)C1(c3ccc(C(F)(F)F)cc3-2)c2cc(Br)ccc2-c2ccc(Br)cc21. The van der Waals surface area contributed by atoms with Crippen LogP contribution in [-0.4, -0.2) is 13.2 Å². The number of ether oxygens (including phenoxy) is 2. The third kappa shape index (κ3) is 5.01. The van der Waals surface area contributed by atoms with Gasteiger partial charge in [0.25, 0.3) is 0 Å². The summed E-state index contributed by atoms with van der Waals surface area (Å²) in [5, 5.41) is 0. The molecule has 0 amide bonds. The van der Waals surface area contributed by atoms with Gasteiger partial charge in [0.1, 0.15) is 0 Å². The number of halogens is 5. The number of benzene rings is 4. The Bertz CT molecular complexity index is 1660. The molecule has 0 saturated carbocycles. The summed E-state index contributed by atoms with van der Waals surface area (Å²) < 4.78 is 57.0. The zero-order valence-corrected chi connectivity index (χ0v) is 27.7. The van der Waals surface area contributed by atoms with Crippen molar-refractivity contribution in [2.45, 2.75) is 52.1 Å². The van der Waals surface area contributed by atoms with Crippen LogP contribution in [0.3, 0.4) is 0 Å². The summed E-state index contributed by atoms with van der Waals surface area (Å²) in [6.07, 6.45) is -2.56. The standard InChI is InChI=1S/C36H33Br2F3O2/c1-5-20(3)18-42-33-16-28-27-13-22(36(39,40)41)7-12-29(27)35(32(28)17-34(33)43-19-21(4)6-2)30-14-23(37)8-10-25(30)26-11-9-24(38)15-31(26)35/h7-17,20-21H,5-6,18-19H2,1-4H3. The topological polar surface area (TPSA) is 18.5 Å². The Hall–Kier alpha value is -2.77. The summed E-state index contributed by atoms with van der Waals surface area (Å²) in [6, 6.07) is 20.5. The van der Waals surface area contributed by atoms with Gasteiger partial charge in [-0.05, 0) is 105 Å². The second kappa shape index (κ2) is 11.3. The number of hydrogen-bond acceptors (Lipinski definition) is 2. The Labute approximate surface area is 267 Å². The summed E-state index contributed by atoms with van der Waals surface area (Å²) in [6.45, 7) is 9.50. The molecule has 4 aromatic carbocycles. The maximum Gasteiger partial charge on any atom is 0.416 e. The number of alkyl halides is 3. The average molecular weight is 714 g/mol. The molecule has 2 aliphatic rings. The average Bonchev–Trinajstić information content (AvgIpc) is 3.42. The molecule has 224 valence electrons. The van der Waals surface area contributed by atoms with Crippen LogP contribution in [0, 0.1) is 11.8 Å². The molecular formula is C36H33Br2F3O2. The molecule has 0 heterocycles. The summed E-state index contributed by atoms with van der Waals surface area (Å²) in [5.41, 5.74) is 5.66. The predicted octanol–water partition coefficient (Wildman–Crippen LogP) is 11.4. The zero-order valence-electron chi connectivity index (χ0n) is 24.5. The number of fused-ring (bicyclic) bond motifs is 10. The van der Waals surface area contributed by atoms with Crippen molar-refractivity contribution in [3.05, 3.63) is 103 Å². The van der Waals surface area contributed by atoms with E-state index in [0.29, 0.717) is 42.1 Å². The first-order valence-electron chi connectivity index (χ1n) is 14.8. The van der Waals surface area contributed by atoms with Crippen molar-refractivity contribution in [2.24, 2.45) is 11.8 Å². The van der Waals surface area contributed by atoms with E-state index in [1.165, 1.54) is 12.1 Å². The van der Waals surface area contributed by atoms with Gasteiger partial charge in [-0.3, -0.25) is 0 Å². The maximum absolute atomic E-state index is 14.1. The highest BCUT2D eigenvalue weighted by molar-refractivity contribution is 9.10. The van der Waals surface area contributed by atoms with Gasteiger partial charge in [0, 0.05) is 8.95 Å². The number of hydrogen-bond donors (Lipinski definition) is 0. The highest BCUT2D eigenvalue weighted by Gasteiger charge is 2.53. The minimum Gasteiger partial charge on any atom is -0.489 e. The lowest BCUT2D eigenvalue weighted by Crippen LogP contribution is -2.26. The van der Waals surface area contributed by atoms with E-state index in [2.05, 4.69) is 83.8 Å². The monoisotopic (exact) mass is 712 g/mol. The van der Waals surface area contributed by atoms with E-state index in [0.717, 1.165) is 60.7 Å². The van der Waals surface area contributed by atoms with Crippen molar-refractivity contribution in [3.8, 4) is 33.8 Å². The van der Waals surface area contributed by atoms with E-state index in [4.69, 9.17) is 9.47 Å². The first-order chi connectivity index (χ1) is 20.5. The molecule has 0 bridgehead atoms. The van der Waals surface area contributed by atoms with Crippen molar-refractivity contribution in [1.82, 2.24) is 0 Å². The van der Waals surface area contributed by atoms with Crippen LogP contribution in [0.2, 0.25) is 0 Å². The van der Waals surface area contributed by atoms with Crippen LogP contribution in [0.1, 0.15) is 68.4 Å². The van der Waals surface area contributed by atoms with Gasteiger partial charge >= 0.3 is 6.18 Å². The third-order valence-corrected chi connectivity index (χ3v) is 10.0. The molecule has 2 aliphatic carbocycles. The van der Waals surface area contributed by atoms with Gasteiger partial charge in [-0.2, -0.15) is 13.2 Å². The molecule has 4 aromatic rings. The van der Waals surface area contributed by atoms with Crippen molar-refractivity contribution in [1.29, 1.82) is 0 Å². The second-order valence-electron chi connectivity index (χ2n) is 11.9. The van der Waals surface area contributed by atoms with E-state index < -0.39 is 17.2 Å². The Morgan fingerprint density at radius 1 is 0.628 bits per heavy atom. The van der Waals surface area contributed by atoms with Gasteiger partial charge in [-0.15, -0.1) is 0 Å². The van der Waals surface area contributed by atoms with E-state index >= 15 is 0 Å². The van der Waals surface area contributed by atoms with Crippen LogP contribution in [0.15, 0.2) is 75.7 Å². The molecule has 0 aromatic heterocycles. The molecule has 7 heteroatoms. The van der Waals surface area contributed by atoms with E-state index in [1.54, 1.807) is 6.07 Å². The summed E-state index contributed by atoms with van der Waals surface area (Å²) >= 11 is 7.37. The molecular weight excluding hydrogens is 681 g/mol. The predicted molar refractivity (Wildman–Crippen MR) is 173 cm³/mol. The van der Waals surface area contributed by atoms with E-state index in [9.17, 15) is 13.2 Å². The molecule has 2 unspecified atom stereocenters. The van der Waals surface area contributed by atoms with Gasteiger partial charge in [0.15, 0.2) is 11.5 Å². The van der Waals surface area contributed by atoms with Gasteiger partial charge in [-0.1, -0.05) is 90.6 Å². The molecule has 0 saturated heterocycles. The zero-order chi connectivity index (χ0) is 30.7.